The second-order valence-corrected chi connectivity index (χ2v) is 13.7. The molecule has 4 aromatic rings. The van der Waals surface area contributed by atoms with E-state index >= 15 is 0 Å². The minimum Gasteiger partial charge on any atom is -0.356 e. The number of fused-ring (bicyclic) bond motifs is 2. The fraction of sp³-hybridized carbons (Fsp3) is 0.333. The van der Waals surface area contributed by atoms with Crippen LogP contribution in [0.25, 0.3) is 0 Å². The number of thioether (sulfide) groups is 2. The highest BCUT2D eigenvalue weighted by Crippen LogP contribution is 2.41. The van der Waals surface area contributed by atoms with Crippen LogP contribution in [0.15, 0.2) is 65.7 Å². The lowest BCUT2D eigenvalue weighted by Gasteiger charge is -2.28. The van der Waals surface area contributed by atoms with Gasteiger partial charge >= 0.3 is 0 Å². The molecule has 6 rings (SSSR count). The van der Waals surface area contributed by atoms with Crippen molar-refractivity contribution in [1.29, 1.82) is 0 Å². The summed E-state index contributed by atoms with van der Waals surface area (Å²) < 4.78 is 9.53. The number of nitrogens with one attached hydrogen (secondary N) is 4. The molecule has 0 saturated heterocycles. The van der Waals surface area contributed by atoms with Gasteiger partial charge in [0.05, 0.1) is 12.1 Å². The van der Waals surface area contributed by atoms with E-state index in [1.165, 1.54) is 37.4 Å². The van der Waals surface area contributed by atoms with Crippen LogP contribution >= 0.6 is 46.7 Å². The molecule has 0 unspecified atom stereocenters. The third kappa shape index (κ3) is 9.12. The molecule has 2 aromatic heterocycles. The summed E-state index contributed by atoms with van der Waals surface area (Å²) in [5, 5.41) is 42.0. The van der Waals surface area contributed by atoms with Gasteiger partial charge in [0.15, 0.2) is 33.1 Å². The average molecular weight is 764 g/mol. The number of aliphatic imine (C=N–C) groups is 2. The number of hydroxylamine groups is 2. The lowest BCUT2D eigenvalue weighted by molar-refractivity contribution is -0.119. The Morgan fingerprint density at radius 1 is 0.760 bits per heavy atom. The average Bonchev–Trinajstić information content (AvgIpc) is 3.74. The van der Waals surface area contributed by atoms with Crippen molar-refractivity contribution in [2.45, 2.75) is 48.8 Å². The van der Waals surface area contributed by atoms with Crippen LogP contribution in [0, 0.1) is 0 Å². The van der Waals surface area contributed by atoms with Gasteiger partial charge in [-0.05, 0) is 55.0 Å². The first-order chi connectivity index (χ1) is 24.2. The molecule has 0 radical (unpaired) electrons. The van der Waals surface area contributed by atoms with Crippen molar-refractivity contribution in [3.63, 3.8) is 0 Å². The largest absolute Gasteiger partial charge is 0.356 e. The minimum absolute atomic E-state index is 0.0966. The normalized spacial score (nSPS) is 16.1. The highest BCUT2D eigenvalue weighted by Gasteiger charge is 2.30. The van der Waals surface area contributed by atoms with Crippen molar-refractivity contribution in [3.8, 4) is 0 Å². The summed E-state index contributed by atoms with van der Waals surface area (Å²) in [6, 6.07) is 11.1. The smallest absolute Gasteiger partial charge is 0.216 e. The number of amides is 2. The third-order valence-corrected chi connectivity index (χ3v) is 10.0. The van der Waals surface area contributed by atoms with Gasteiger partial charge in [-0.2, -0.15) is 0 Å². The summed E-state index contributed by atoms with van der Waals surface area (Å²) in [6.45, 7) is 3.88. The Labute approximate surface area is 304 Å². The first-order valence-electron chi connectivity index (χ1n) is 15.1. The van der Waals surface area contributed by atoms with Crippen molar-refractivity contribution < 1.29 is 29.3 Å². The molecule has 0 fully saturated rings. The first kappa shape index (κ1) is 37.1. The summed E-state index contributed by atoms with van der Waals surface area (Å²) in [4.78, 5) is 30.7. The molecule has 20 heteroatoms. The quantitative estimate of drug-likeness (QED) is 0.0395. The maximum atomic E-state index is 10.9. The van der Waals surface area contributed by atoms with Crippen LogP contribution in [0.1, 0.15) is 59.6 Å². The number of amidine groups is 2. The van der Waals surface area contributed by atoms with E-state index in [9.17, 15) is 20.0 Å². The number of rotatable bonds is 12. The molecule has 50 heavy (non-hydrogen) atoms. The monoisotopic (exact) mass is 762 g/mol. The second kappa shape index (κ2) is 17.6. The van der Waals surface area contributed by atoms with E-state index in [4.69, 9.17) is 32.5 Å². The summed E-state index contributed by atoms with van der Waals surface area (Å²) in [5.41, 5.74) is 8.97. The number of benzene rings is 2. The van der Waals surface area contributed by atoms with Gasteiger partial charge in [-0.3, -0.25) is 40.9 Å². The number of halogens is 2. The van der Waals surface area contributed by atoms with E-state index in [0.717, 1.165) is 32.3 Å². The molecule has 2 aliphatic carbocycles. The highest BCUT2D eigenvalue weighted by molar-refractivity contribution is 7.99. The van der Waals surface area contributed by atoms with Crippen LogP contribution in [0.4, 0.5) is 0 Å². The summed E-state index contributed by atoms with van der Waals surface area (Å²) in [6.07, 6.45) is 1.38. The Hall–Kier alpha value is -4.20. The van der Waals surface area contributed by atoms with Gasteiger partial charge in [0, 0.05) is 61.3 Å². The van der Waals surface area contributed by atoms with Crippen molar-refractivity contribution in [2.24, 2.45) is 9.98 Å². The number of nitrogens with zero attached hydrogens (tertiary/aromatic N) is 6. The molecule has 0 saturated carbocycles. The van der Waals surface area contributed by atoms with E-state index in [1.807, 2.05) is 36.4 Å². The molecule has 0 aliphatic heterocycles. The zero-order valence-corrected chi connectivity index (χ0v) is 29.8. The molecule has 0 bridgehead atoms. The van der Waals surface area contributed by atoms with Crippen LogP contribution in [0.3, 0.4) is 0 Å². The summed E-state index contributed by atoms with van der Waals surface area (Å²) >= 11 is 15.0. The van der Waals surface area contributed by atoms with Crippen molar-refractivity contribution >= 4 is 70.2 Å². The van der Waals surface area contributed by atoms with Crippen LogP contribution in [-0.4, -0.2) is 79.1 Å². The van der Waals surface area contributed by atoms with E-state index in [0.29, 0.717) is 58.9 Å². The minimum atomic E-state index is -0.114. The molecule has 2 heterocycles. The standard InChI is InChI=1S/2C15H16ClN5O3S/c2*1-8(22)17-5-6-25-15-13(20-24-21-15)14(19-23)18-12-7-10-9(12)3-2-4-11(10)16/h2*2-4,12,23H,5-7H2,1H3,(H,17,22)(H,18,19)/t2*12-/m10/s1. The number of aromatic nitrogens is 4. The lowest BCUT2D eigenvalue weighted by Crippen LogP contribution is -2.26. The molecule has 2 aromatic carbocycles. The molecular formula is C30H32Cl2N10O6S2. The molecule has 2 atom stereocenters. The first-order valence-corrected chi connectivity index (χ1v) is 17.8. The summed E-state index contributed by atoms with van der Waals surface area (Å²) in [5.74, 6) is 1.34. The SMILES string of the molecule is CC(=O)NCCSc1nonc1C(=N[C@@H]1Cc2c(Cl)cccc21)NO.CC(=O)NCCSc1nonc1C(=N[C@H]1Cc2c(Cl)cccc21)NO. The number of carbonyl (C=O) groups is 2. The van der Waals surface area contributed by atoms with E-state index in [2.05, 4.69) is 52.2 Å². The molecule has 6 N–H and O–H groups in total. The number of carbonyl (C=O) groups excluding carboxylic acids is 2. The van der Waals surface area contributed by atoms with Crippen LogP contribution in [-0.2, 0) is 22.4 Å². The van der Waals surface area contributed by atoms with Gasteiger partial charge in [-0.1, -0.05) is 71.0 Å². The van der Waals surface area contributed by atoms with Crippen molar-refractivity contribution in [1.82, 2.24) is 42.2 Å². The molecule has 16 nitrogen and oxygen atoms in total. The van der Waals surface area contributed by atoms with Gasteiger partial charge in [0.1, 0.15) is 0 Å². The Bertz CT molecular complexity index is 1750. The Kier molecular flexibility index (Phi) is 13.1. The van der Waals surface area contributed by atoms with Gasteiger partial charge in [0.25, 0.3) is 0 Å². The van der Waals surface area contributed by atoms with Gasteiger partial charge in [-0.15, -0.1) is 0 Å². The van der Waals surface area contributed by atoms with Crippen molar-refractivity contribution in [3.05, 3.63) is 80.1 Å². The second-order valence-electron chi connectivity index (χ2n) is 10.7. The highest BCUT2D eigenvalue weighted by atomic mass is 35.5. The van der Waals surface area contributed by atoms with E-state index in [1.54, 1.807) is 0 Å². The fourth-order valence-corrected chi connectivity index (χ4v) is 6.99. The van der Waals surface area contributed by atoms with Gasteiger partial charge < -0.3 is 10.6 Å². The topological polar surface area (TPSA) is 225 Å². The predicted octanol–water partition coefficient (Wildman–Crippen LogP) is 3.95. The van der Waals surface area contributed by atoms with Crippen LogP contribution in [0.2, 0.25) is 10.0 Å². The fourth-order valence-electron chi connectivity index (χ4n) is 4.97. The van der Waals surface area contributed by atoms with Crippen LogP contribution in [0.5, 0.6) is 0 Å². The third-order valence-electron chi connectivity index (χ3n) is 7.40. The Balaban J connectivity index is 0.000000194. The van der Waals surface area contributed by atoms with E-state index in [-0.39, 0.29) is 35.6 Å². The van der Waals surface area contributed by atoms with Crippen LogP contribution < -0.4 is 21.6 Å². The molecule has 264 valence electrons. The lowest BCUT2D eigenvalue weighted by atomic mass is 9.83. The molecular weight excluding hydrogens is 731 g/mol. The zero-order valence-electron chi connectivity index (χ0n) is 26.6. The number of hydrogen-bond acceptors (Lipinski definition) is 14. The van der Waals surface area contributed by atoms with E-state index < -0.39 is 0 Å². The molecule has 0 spiro atoms. The zero-order chi connectivity index (χ0) is 35.6. The van der Waals surface area contributed by atoms with Crippen molar-refractivity contribution in [2.75, 3.05) is 24.6 Å². The maximum absolute atomic E-state index is 10.9. The number of hydrogen-bond donors (Lipinski definition) is 6. The molecule has 2 amide bonds. The maximum Gasteiger partial charge on any atom is 0.216 e. The molecule has 2 aliphatic rings. The Morgan fingerprint density at radius 2 is 1.18 bits per heavy atom. The van der Waals surface area contributed by atoms with Gasteiger partial charge in [-0.25, -0.2) is 9.26 Å². The van der Waals surface area contributed by atoms with Gasteiger partial charge in [0.2, 0.25) is 11.8 Å². The Morgan fingerprint density at radius 3 is 1.56 bits per heavy atom. The predicted molar refractivity (Wildman–Crippen MR) is 186 cm³/mol. The summed E-state index contributed by atoms with van der Waals surface area (Å²) in [7, 11) is 0.